The predicted octanol–water partition coefficient (Wildman–Crippen LogP) is 4.50. The monoisotopic (exact) mass is 303 g/mol. The Balaban J connectivity index is 2.97. The highest BCUT2D eigenvalue weighted by Gasteiger charge is 2.31. The van der Waals surface area contributed by atoms with Gasteiger partial charge in [-0.1, -0.05) is 6.92 Å². The summed E-state index contributed by atoms with van der Waals surface area (Å²) in [5.41, 5.74) is -0.135. The van der Waals surface area contributed by atoms with E-state index in [9.17, 15) is 13.2 Å². The lowest BCUT2D eigenvalue weighted by Crippen LogP contribution is -2.09. The molecule has 110 valence electrons. The molecule has 2 nitrogen and oxygen atoms in total. The van der Waals surface area contributed by atoms with Crippen LogP contribution in [-0.2, 0) is 12.6 Å². The topological polar surface area (TPSA) is 33.0 Å². The molecule has 0 N–H and O–H groups in total. The van der Waals surface area contributed by atoms with Gasteiger partial charge in [-0.05, 0) is 54.8 Å². The second-order valence-corrected chi connectivity index (χ2v) is 5.27. The maximum atomic E-state index is 12.7. The number of hydrogen-bond donors (Lipinski definition) is 0. The highest BCUT2D eigenvalue weighted by molar-refractivity contribution is 8.03. The van der Waals surface area contributed by atoms with Gasteiger partial charge in [0.15, 0.2) is 0 Å². The van der Waals surface area contributed by atoms with Crippen molar-refractivity contribution >= 4 is 11.8 Å². The van der Waals surface area contributed by atoms with E-state index in [1.54, 1.807) is 6.92 Å². The zero-order valence-corrected chi connectivity index (χ0v) is 12.1. The molecule has 0 radical (unpaired) electrons. The van der Waals surface area contributed by atoms with Crippen molar-refractivity contribution in [2.75, 3.05) is 12.4 Å². The lowest BCUT2D eigenvalue weighted by Gasteiger charge is -2.16. The van der Waals surface area contributed by atoms with Crippen LogP contribution < -0.4 is 4.74 Å². The number of hydrogen-bond acceptors (Lipinski definition) is 3. The predicted molar refractivity (Wildman–Crippen MR) is 73.6 cm³/mol. The summed E-state index contributed by atoms with van der Waals surface area (Å²) < 4.78 is 43.6. The molecule has 1 aromatic rings. The van der Waals surface area contributed by atoms with Gasteiger partial charge in [-0.15, -0.1) is 0 Å². The summed E-state index contributed by atoms with van der Waals surface area (Å²) in [6, 6.07) is 3.54. The van der Waals surface area contributed by atoms with Crippen molar-refractivity contribution in [3.63, 3.8) is 0 Å². The number of nitriles is 1. The number of nitrogens with zero attached hydrogens (tertiary/aromatic N) is 1. The Bertz CT molecular complexity index is 482. The summed E-state index contributed by atoms with van der Waals surface area (Å²) >= 11 is 1.11. The number of halogens is 3. The Morgan fingerprint density at radius 3 is 2.65 bits per heavy atom. The minimum absolute atomic E-state index is 0.0994. The lowest BCUT2D eigenvalue weighted by atomic mass is 9.99. The van der Waals surface area contributed by atoms with Gasteiger partial charge in [-0.25, -0.2) is 0 Å². The molecule has 1 rings (SSSR count). The molecule has 0 fully saturated rings. The molecule has 0 aliphatic rings. The molecule has 0 aromatic heterocycles. The van der Waals surface area contributed by atoms with E-state index in [-0.39, 0.29) is 5.92 Å². The Kier molecular flexibility index (Phi) is 6.21. The van der Waals surface area contributed by atoms with Crippen LogP contribution in [0.15, 0.2) is 18.2 Å². The maximum absolute atomic E-state index is 12.7. The molecule has 1 atom stereocenters. The Morgan fingerprint density at radius 2 is 2.10 bits per heavy atom. The summed E-state index contributed by atoms with van der Waals surface area (Å²) in [6.07, 6.45) is -3.90. The van der Waals surface area contributed by atoms with E-state index >= 15 is 0 Å². The first kappa shape index (κ1) is 16.7. The molecule has 1 aromatic carbocycles. The van der Waals surface area contributed by atoms with Crippen molar-refractivity contribution < 1.29 is 17.9 Å². The first-order valence-electron chi connectivity index (χ1n) is 6.22. The summed E-state index contributed by atoms with van der Waals surface area (Å²) in [5.74, 6) is 1.16. The molecule has 0 bridgehead atoms. The molecule has 6 heteroatoms. The highest BCUT2D eigenvalue weighted by atomic mass is 32.2. The van der Waals surface area contributed by atoms with Crippen molar-refractivity contribution in [1.29, 1.82) is 5.26 Å². The molecule has 0 aliphatic carbocycles. The second-order valence-electron chi connectivity index (χ2n) is 4.46. The molecule has 0 saturated heterocycles. The zero-order valence-electron chi connectivity index (χ0n) is 11.3. The quantitative estimate of drug-likeness (QED) is 0.726. The largest absolute Gasteiger partial charge is 0.494 e. The third-order valence-corrected chi connectivity index (χ3v) is 3.55. The minimum Gasteiger partial charge on any atom is -0.494 e. The van der Waals surface area contributed by atoms with Crippen LogP contribution in [0, 0.1) is 16.6 Å². The fourth-order valence-electron chi connectivity index (χ4n) is 1.83. The minimum atomic E-state index is -4.36. The van der Waals surface area contributed by atoms with Crippen LogP contribution in [0.5, 0.6) is 5.75 Å². The van der Waals surface area contributed by atoms with E-state index in [1.165, 1.54) is 6.07 Å². The van der Waals surface area contributed by atoms with E-state index in [4.69, 9.17) is 10.00 Å². The van der Waals surface area contributed by atoms with Gasteiger partial charge in [0.05, 0.1) is 12.2 Å². The SMILES string of the molecule is CCOc1ccc(C(F)(F)F)cc1CC(C)CSC#N. The second kappa shape index (κ2) is 7.44. The maximum Gasteiger partial charge on any atom is 0.416 e. The number of alkyl halides is 3. The van der Waals surface area contributed by atoms with Gasteiger partial charge in [0.2, 0.25) is 0 Å². The first-order valence-corrected chi connectivity index (χ1v) is 7.20. The summed E-state index contributed by atoms with van der Waals surface area (Å²) in [4.78, 5) is 0. The molecule has 0 amide bonds. The third kappa shape index (κ3) is 4.97. The Labute approximate surface area is 120 Å². The molecule has 1 unspecified atom stereocenters. The van der Waals surface area contributed by atoms with E-state index < -0.39 is 11.7 Å². The van der Waals surface area contributed by atoms with E-state index in [1.807, 2.05) is 12.3 Å². The normalized spacial score (nSPS) is 12.8. The van der Waals surface area contributed by atoms with E-state index in [0.717, 1.165) is 23.9 Å². The van der Waals surface area contributed by atoms with Gasteiger partial charge in [0.1, 0.15) is 11.2 Å². The molecular weight excluding hydrogens is 287 g/mol. The van der Waals surface area contributed by atoms with Gasteiger partial charge in [0.25, 0.3) is 0 Å². The Hall–Kier alpha value is -1.35. The number of thiocyanates is 1. The van der Waals surface area contributed by atoms with Gasteiger partial charge < -0.3 is 4.74 Å². The van der Waals surface area contributed by atoms with Gasteiger partial charge >= 0.3 is 6.18 Å². The van der Waals surface area contributed by atoms with Crippen LogP contribution in [0.1, 0.15) is 25.0 Å². The highest BCUT2D eigenvalue weighted by Crippen LogP contribution is 2.33. The van der Waals surface area contributed by atoms with Gasteiger partial charge in [-0.2, -0.15) is 18.4 Å². The molecule has 0 saturated carbocycles. The van der Waals surface area contributed by atoms with Crippen LogP contribution in [0.25, 0.3) is 0 Å². The van der Waals surface area contributed by atoms with Crippen molar-refractivity contribution in [2.45, 2.75) is 26.4 Å². The number of thioether (sulfide) groups is 1. The molecule has 0 spiro atoms. The van der Waals surface area contributed by atoms with Crippen LogP contribution >= 0.6 is 11.8 Å². The number of ether oxygens (including phenoxy) is 1. The Morgan fingerprint density at radius 1 is 1.40 bits per heavy atom. The molecule has 20 heavy (non-hydrogen) atoms. The van der Waals surface area contributed by atoms with Gasteiger partial charge in [-0.3, -0.25) is 0 Å². The summed E-state index contributed by atoms with van der Waals surface area (Å²) in [7, 11) is 0. The van der Waals surface area contributed by atoms with Crippen LogP contribution in [0.2, 0.25) is 0 Å². The van der Waals surface area contributed by atoms with Crippen molar-refractivity contribution in [1.82, 2.24) is 0 Å². The van der Waals surface area contributed by atoms with Crippen LogP contribution in [0.4, 0.5) is 13.2 Å². The molecule has 0 aliphatic heterocycles. The molecule has 0 heterocycles. The fraction of sp³-hybridized carbons (Fsp3) is 0.500. The summed E-state index contributed by atoms with van der Waals surface area (Å²) in [5, 5.41) is 10.5. The van der Waals surface area contributed by atoms with Gasteiger partial charge in [0, 0.05) is 5.75 Å². The fourth-order valence-corrected chi connectivity index (χ4v) is 2.30. The smallest absolute Gasteiger partial charge is 0.416 e. The van der Waals surface area contributed by atoms with E-state index in [2.05, 4.69) is 0 Å². The summed E-state index contributed by atoms with van der Waals surface area (Å²) in [6.45, 7) is 4.09. The van der Waals surface area contributed by atoms with Crippen molar-refractivity contribution in [2.24, 2.45) is 5.92 Å². The van der Waals surface area contributed by atoms with Crippen LogP contribution in [0.3, 0.4) is 0 Å². The van der Waals surface area contributed by atoms with Crippen LogP contribution in [-0.4, -0.2) is 12.4 Å². The lowest BCUT2D eigenvalue weighted by molar-refractivity contribution is -0.137. The zero-order chi connectivity index (χ0) is 15.2. The number of benzene rings is 1. The van der Waals surface area contributed by atoms with Crippen molar-refractivity contribution in [3.8, 4) is 11.2 Å². The third-order valence-electron chi connectivity index (χ3n) is 2.69. The first-order chi connectivity index (χ1) is 9.38. The van der Waals surface area contributed by atoms with E-state index in [0.29, 0.717) is 30.1 Å². The average molecular weight is 303 g/mol. The average Bonchev–Trinajstić information content (AvgIpc) is 2.37. The number of rotatable bonds is 6. The molecular formula is C14H16F3NOS. The van der Waals surface area contributed by atoms with Crippen molar-refractivity contribution in [3.05, 3.63) is 29.3 Å². The standard InChI is InChI=1S/C14H16F3NOS/c1-3-19-13-5-4-12(14(15,16)17)7-11(13)6-10(2)8-20-9-18/h4-5,7,10H,3,6,8H2,1-2H3.